The Labute approximate surface area is 199 Å². The number of hydrogen-bond donors (Lipinski definition) is 1. The first-order valence-electron chi connectivity index (χ1n) is 12.5. The minimum Gasteiger partial charge on any atom is -0.482 e. The van der Waals surface area contributed by atoms with Gasteiger partial charge in [-0.2, -0.15) is 0 Å². The predicted octanol–water partition coefficient (Wildman–Crippen LogP) is 4.92. The monoisotopic (exact) mass is 448 g/mol. The number of hydrogen-bond acceptors (Lipinski definition) is 4. The Balaban J connectivity index is 1.50. The minimum absolute atomic E-state index is 0.0772. The van der Waals surface area contributed by atoms with Gasteiger partial charge in [-0.1, -0.05) is 48.5 Å². The zero-order chi connectivity index (χ0) is 23.0. The summed E-state index contributed by atoms with van der Waals surface area (Å²) in [5.74, 6) is 0.995. The highest BCUT2D eigenvalue weighted by Gasteiger charge is 2.72. The van der Waals surface area contributed by atoms with E-state index in [1.807, 2.05) is 0 Å². The largest absolute Gasteiger partial charge is 0.482 e. The molecule has 0 saturated carbocycles. The van der Waals surface area contributed by atoms with Gasteiger partial charge in [-0.15, -0.1) is 0 Å². The molecule has 34 heavy (non-hydrogen) atoms. The minimum atomic E-state index is -0.874. The van der Waals surface area contributed by atoms with Gasteiger partial charge in [0.05, 0.1) is 22.2 Å². The van der Waals surface area contributed by atoms with Gasteiger partial charge in [-0.05, 0) is 67.9 Å². The van der Waals surface area contributed by atoms with Crippen LogP contribution in [0.5, 0.6) is 5.75 Å². The number of fused-ring (bicyclic) bond motifs is 5. The van der Waals surface area contributed by atoms with Crippen molar-refractivity contribution in [1.29, 1.82) is 0 Å². The Bertz CT molecular complexity index is 1580. The van der Waals surface area contributed by atoms with Crippen LogP contribution in [-0.4, -0.2) is 40.2 Å². The van der Waals surface area contributed by atoms with Crippen LogP contribution in [-0.2, 0) is 18.3 Å². The second-order valence-electron chi connectivity index (χ2n) is 11.0. The van der Waals surface area contributed by atoms with Crippen molar-refractivity contribution in [3.8, 4) is 5.75 Å². The van der Waals surface area contributed by atoms with Gasteiger partial charge in [0.15, 0.2) is 6.10 Å². The summed E-state index contributed by atoms with van der Waals surface area (Å²) in [7, 11) is 2.17. The molecular weight excluding hydrogens is 420 g/mol. The summed E-state index contributed by atoms with van der Waals surface area (Å²) in [6.07, 6.45) is 2.13. The van der Waals surface area contributed by atoms with Crippen LogP contribution in [0.15, 0.2) is 48.5 Å². The van der Waals surface area contributed by atoms with Gasteiger partial charge in [0.1, 0.15) is 5.75 Å². The number of pyridine rings is 1. The molecule has 1 fully saturated rings. The van der Waals surface area contributed by atoms with E-state index < -0.39 is 11.0 Å². The van der Waals surface area contributed by atoms with Crippen molar-refractivity contribution in [2.45, 2.75) is 56.3 Å². The molecule has 1 N–H and O–H groups in total. The molecule has 2 aliphatic carbocycles. The number of benzene rings is 3. The van der Waals surface area contributed by atoms with E-state index in [4.69, 9.17) is 9.72 Å². The molecular formula is C30H28N2O2. The molecule has 4 atom stereocenters. The maximum Gasteiger partial charge on any atom is 0.153 e. The molecule has 0 radical (unpaired) electrons. The Morgan fingerprint density at radius 3 is 2.79 bits per heavy atom. The molecule has 3 aromatic carbocycles. The van der Waals surface area contributed by atoms with Crippen molar-refractivity contribution in [3.05, 3.63) is 82.0 Å². The Morgan fingerprint density at radius 2 is 1.91 bits per heavy atom. The number of aryl methyl sites for hydroxylation is 2. The third kappa shape index (κ3) is 1.96. The van der Waals surface area contributed by atoms with Crippen LogP contribution in [0, 0.1) is 13.8 Å². The fourth-order valence-electron chi connectivity index (χ4n) is 8.00. The molecule has 2 bridgehead atoms. The quantitative estimate of drug-likeness (QED) is 0.388. The van der Waals surface area contributed by atoms with E-state index in [2.05, 4.69) is 74.3 Å². The van der Waals surface area contributed by atoms with Crippen molar-refractivity contribution in [2.75, 3.05) is 13.6 Å². The summed E-state index contributed by atoms with van der Waals surface area (Å²) in [6, 6.07) is 17.4. The molecule has 4 heteroatoms. The van der Waals surface area contributed by atoms with Gasteiger partial charge in [0.25, 0.3) is 0 Å². The zero-order valence-electron chi connectivity index (χ0n) is 19.9. The van der Waals surface area contributed by atoms with E-state index in [-0.39, 0.29) is 12.1 Å². The average Bonchev–Trinajstić information content (AvgIpc) is 3.20. The molecule has 170 valence electrons. The number of likely N-dealkylation sites (tertiary alicyclic amines) is 1. The van der Waals surface area contributed by atoms with Gasteiger partial charge in [-0.25, -0.2) is 4.98 Å². The number of piperidine rings is 1. The molecule has 2 aliphatic heterocycles. The van der Waals surface area contributed by atoms with Crippen molar-refractivity contribution in [3.63, 3.8) is 0 Å². The van der Waals surface area contributed by atoms with Crippen LogP contribution < -0.4 is 4.74 Å². The van der Waals surface area contributed by atoms with Crippen LogP contribution in [0.3, 0.4) is 0 Å². The highest BCUT2D eigenvalue weighted by atomic mass is 16.5. The Morgan fingerprint density at radius 1 is 1.06 bits per heavy atom. The van der Waals surface area contributed by atoms with Gasteiger partial charge >= 0.3 is 0 Å². The summed E-state index contributed by atoms with van der Waals surface area (Å²) >= 11 is 0. The lowest BCUT2D eigenvalue weighted by Gasteiger charge is -2.62. The second-order valence-corrected chi connectivity index (χ2v) is 11.0. The Hall–Kier alpha value is -2.95. The van der Waals surface area contributed by atoms with E-state index in [9.17, 15) is 5.11 Å². The molecule has 4 nitrogen and oxygen atoms in total. The standard InChI is InChI=1S/C30H28N2O2/c1-16-8-9-19-14-23-30(33)15-22-17(2)20-11-10-18-6-4-5-7-21(18)25(20)31-26(22)28-29(30,12-13-32(23)3)24(19)27(16)34-28/h4-11,23,28,33H,12-15H2,1-3H3/t23-,28-,29-,30+/m0/s1. The third-order valence-electron chi connectivity index (χ3n) is 9.69. The summed E-state index contributed by atoms with van der Waals surface area (Å²) in [5, 5.41) is 16.3. The third-order valence-corrected chi connectivity index (χ3v) is 9.69. The number of rotatable bonds is 0. The molecule has 4 aromatic rings. The van der Waals surface area contributed by atoms with E-state index in [1.165, 1.54) is 38.4 Å². The van der Waals surface area contributed by atoms with Crippen LogP contribution in [0.25, 0.3) is 21.7 Å². The Kier molecular flexibility index (Phi) is 3.41. The van der Waals surface area contributed by atoms with Crippen molar-refractivity contribution in [1.82, 2.24) is 9.88 Å². The number of ether oxygens (including phenoxy) is 1. The number of aromatic nitrogens is 1. The second kappa shape index (κ2) is 5.99. The van der Waals surface area contributed by atoms with Crippen molar-refractivity contribution < 1.29 is 9.84 Å². The van der Waals surface area contributed by atoms with Crippen LogP contribution >= 0.6 is 0 Å². The van der Waals surface area contributed by atoms with Gasteiger partial charge < -0.3 is 14.7 Å². The van der Waals surface area contributed by atoms with E-state index in [1.54, 1.807) is 0 Å². The van der Waals surface area contributed by atoms with Crippen LogP contribution in [0.1, 0.15) is 46.0 Å². The molecule has 3 heterocycles. The SMILES string of the molecule is Cc1ccc2c3c1O[C@H]1c4nc5c(ccc6ccccc65)c(C)c4C[C@@]4(O)[C@H](C2)N(C)CC[C@]314. The summed E-state index contributed by atoms with van der Waals surface area (Å²) < 4.78 is 6.91. The van der Waals surface area contributed by atoms with Gasteiger partial charge in [0, 0.05) is 28.8 Å². The molecule has 4 aliphatic rings. The smallest absolute Gasteiger partial charge is 0.153 e. The first-order chi connectivity index (χ1) is 16.4. The first kappa shape index (κ1) is 19.4. The van der Waals surface area contributed by atoms with E-state index in [0.29, 0.717) is 6.42 Å². The topological polar surface area (TPSA) is 45.6 Å². The lowest BCUT2D eigenvalue weighted by Crippen LogP contribution is -2.74. The predicted molar refractivity (Wildman–Crippen MR) is 134 cm³/mol. The van der Waals surface area contributed by atoms with E-state index in [0.717, 1.165) is 41.9 Å². The number of nitrogens with zero attached hydrogens (tertiary/aromatic N) is 2. The fraction of sp³-hybridized carbons (Fsp3) is 0.367. The molecule has 1 spiro atoms. The molecule has 0 amide bonds. The summed E-state index contributed by atoms with van der Waals surface area (Å²) in [4.78, 5) is 7.77. The normalized spacial score (nSPS) is 30.8. The lowest BCUT2D eigenvalue weighted by atomic mass is 9.48. The highest BCUT2D eigenvalue weighted by molar-refractivity contribution is 6.06. The molecule has 1 saturated heterocycles. The molecule has 0 unspecified atom stereocenters. The average molecular weight is 449 g/mol. The van der Waals surface area contributed by atoms with Gasteiger partial charge in [-0.3, -0.25) is 0 Å². The zero-order valence-corrected chi connectivity index (χ0v) is 19.9. The lowest BCUT2D eigenvalue weighted by molar-refractivity contribution is -0.168. The first-order valence-corrected chi connectivity index (χ1v) is 12.5. The van der Waals surface area contributed by atoms with Gasteiger partial charge in [0.2, 0.25) is 0 Å². The van der Waals surface area contributed by atoms with Crippen molar-refractivity contribution >= 4 is 21.7 Å². The number of aliphatic hydroxyl groups is 1. The molecule has 1 aromatic heterocycles. The fourth-order valence-corrected chi connectivity index (χ4v) is 8.00. The maximum atomic E-state index is 12.7. The number of likely N-dealkylation sites (N-methyl/N-ethyl adjacent to an activating group) is 1. The van der Waals surface area contributed by atoms with Crippen LogP contribution in [0.2, 0.25) is 0 Å². The summed E-state index contributed by atoms with van der Waals surface area (Å²) in [5.41, 5.74) is 6.96. The van der Waals surface area contributed by atoms with Crippen molar-refractivity contribution in [2.24, 2.45) is 0 Å². The molecule has 8 rings (SSSR count). The van der Waals surface area contributed by atoms with E-state index >= 15 is 0 Å². The highest BCUT2D eigenvalue weighted by Crippen LogP contribution is 2.67. The van der Waals surface area contributed by atoms with Crippen LogP contribution in [0.4, 0.5) is 0 Å². The summed E-state index contributed by atoms with van der Waals surface area (Å²) in [6.45, 7) is 5.31. The maximum absolute atomic E-state index is 12.7.